The maximum atomic E-state index is 13.1. The van der Waals surface area contributed by atoms with Gasteiger partial charge in [-0.2, -0.15) is 13.5 Å². The van der Waals surface area contributed by atoms with E-state index in [0.29, 0.717) is 30.2 Å². The van der Waals surface area contributed by atoms with Crippen molar-refractivity contribution < 1.29 is 22.5 Å². The predicted octanol–water partition coefficient (Wildman–Crippen LogP) is 0.772. The van der Waals surface area contributed by atoms with E-state index in [-0.39, 0.29) is 35.5 Å². The number of aliphatic hydroxyl groups is 1. The van der Waals surface area contributed by atoms with Crippen LogP contribution >= 0.6 is 11.6 Å². The average molecular weight is 508 g/mol. The van der Waals surface area contributed by atoms with Gasteiger partial charge in [0.1, 0.15) is 23.0 Å². The number of carbonyl (C=O) groups excluding carboxylic acids is 1. The summed E-state index contributed by atoms with van der Waals surface area (Å²) in [6, 6.07) is 6.58. The summed E-state index contributed by atoms with van der Waals surface area (Å²) in [5, 5.41) is 23.0. The van der Waals surface area contributed by atoms with Crippen molar-refractivity contribution in [3.8, 4) is 0 Å². The van der Waals surface area contributed by atoms with Crippen molar-refractivity contribution in [1.82, 2.24) is 24.7 Å². The fourth-order valence-corrected chi connectivity index (χ4v) is 4.35. The molecule has 3 heterocycles. The van der Waals surface area contributed by atoms with Crippen LogP contribution in [-0.4, -0.2) is 62.8 Å². The first-order valence-electron chi connectivity index (χ1n) is 10.3. The van der Waals surface area contributed by atoms with Crippen molar-refractivity contribution in [2.75, 3.05) is 11.9 Å². The number of hydrogen-bond donors (Lipinski definition) is 3. The summed E-state index contributed by atoms with van der Waals surface area (Å²) in [4.78, 5) is 25.5. The third-order valence-electron chi connectivity index (χ3n) is 5.37. The molecule has 14 heteroatoms. The van der Waals surface area contributed by atoms with Crippen LogP contribution in [0.25, 0.3) is 0 Å². The molecule has 1 aliphatic carbocycles. The van der Waals surface area contributed by atoms with Gasteiger partial charge in [-0.3, -0.25) is 13.7 Å². The van der Waals surface area contributed by atoms with E-state index in [4.69, 9.17) is 16.7 Å². The van der Waals surface area contributed by atoms with Gasteiger partial charge < -0.3 is 10.4 Å². The SMILES string of the molecule is NS(=O)(=O)OC[C@H]1C[C@@H](Nc2ncncc2C(=O)c2ccn(Cc3cccc(Cl)n3)n2)C[C@@H]1O. The van der Waals surface area contributed by atoms with Crippen LogP contribution in [0.4, 0.5) is 5.82 Å². The van der Waals surface area contributed by atoms with Crippen LogP contribution in [-0.2, 0) is 21.0 Å². The molecule has 0 unspecified atom stereocenters. The highest BCUT2D eigenvalue weighted by molar-refractivity contribution is 7.84. The Hall–Kier alpha value is -2.97. The standard InChI is InChI=1S/C20H22ClN7O5S/c21-18-3-1-2-13(25-18)9-28-5-4-16(27-28)19(30)15-8-23-11-24-20(15)26-14-6-12(17(29)7-14)10-33-34(22,31)32/h1-5,8,11-12,14,17,29H,6-7,9-10H2,(H2,22,31,32)(H,23,24,26)/t12-,14-,17+/m1/s1. The van der Waals surface area contributed by atoms with Crippen LogP contribution in [0.5, 0.6) is 0 Å². The van der Waals surface area contributed by atoms with Gasteiger partial charge in [0.2, 0.25) is 5.78 Å². The Bertz CT molecular complexity index is 1290. The molecule has 4 rings (SSSR count). The highest BCUT2D eigenvalue weighted by atomic mass is 35.5. The highest BCUT2D eigenvalue weighted by Gasteiger charge is 2.34. The Kier molecular flexibility index (Phi) is 7.19. The van der Waals surface area contributed by atoms with E-state index in [9.17, 15) is 18.3 Å². The zero-order valence-corrected chi connectivity index (χ0v) is 19.4. The van der Waals surface area contributed by atoms with Crippen molar-refractivity contribution in [3.63, 3.8) is 0 Å². The van der Waals surface area contributed by atoms with Gasteiger partial charge in [0.05, 0.1) is 30.5 Å². The van der Waals surface area contributed by atoms with Gasteiger partial charge in [-0.1, -0.05) is 17.7 Å². The molecule has 3 aromatic heterocycles. The second kappa shape index (κ2) is 10.1. The lowest BCUT2D eigenvalue weighted by molar-refractivity contribution is 0.101. The molecule has 0 bridgehead atoms. The smallest absolute Gasteiger partial charge is 0.333 e. The number of carbonyl (C=O) groups is 1. The molecule has 0 radical (unpaired) electrons. The van der Waals surface area contributed by atoms with Crippen LogP contribution in [0.2, 0.25) is 5.15 Å². The van der Waals surface area contributed by atoms with Crippen LogP contribution in [0, 0.1) is 5.92 Å². The molecular formula is C20H22ClN7O5S. The molecule has 0 amide bonds. The summed E-state index contributed by atoms with van der Waals surface area (Å²) < 4.78 is 28.2. The second-order valence-electron chi connectivity index (χ2n) is 7.88. The molecule has 0 aliphatic heterocycles. The summed E-state index contributed by atoms with van der Waals surface area (Å²) >= 11 is 5.92. The van der Waals surface area contributed by atoms with E-state index >= 15 is 0 Å². The van der Waals surface area contributed by atoms with E-state index in [1.807, 2.05) is 0 Å². The van der Waals surface area contributed by atoms with Crippen molar-refractivity contribution in [3.05, 3.63) is 65.1 Å². The van der Waals surface area contributed by atoms with Crippen molar-refractivity contribution >= 4 is 33.5 Å². The molecule has 0 spiro atoms. The van der Waals surface area contributed by atoms with E-state index in [0.717, 1.165) is 0 Å². The van der Waals surface area contributed by atoms with Crippen LogP contribution in [0.3, 0.4) is 0 Å². The minimum Gasteiger partial charge on any atom is -0.393 e. The summed E-state index contributed by atoms with van der Waals surface area (Å²) in [7, 11) is -4.10. The van der Waals surface area contributed by atoms with Gasteiger partial charge in [-0.25, -0.2) is 20.1 Å². The Morgan fingerprint density at radius 1 is 1.32 bits per heavy atom. The maximum absolute atomic E-state index is 13.1. The lowest BCUT2D eigenvalue weighted by Crippen LogP contribution is -2.24. The molecule has 34 heavy (non-hydrogen) atoms. The molecule has 3 atom stereocenters. The summed E-state index contributed by atoms with van der Waals surface area (Å²) in [6.07, 6.45) is 4.28. The van der Waals surface area contributed by atoms with Gasteiger partial charge in [0.25, 0.3) is 0 Å². The van der Waals surface area contributed by atoms with Crippen LogP contribution in [0.1, 0.15) is 34.6 Å². The topological polar surface area (TPSA) is 175 Å². The molecule has 1 aliphatic rings. The number of ketones is 1. The number of rotatable bonds is 9. The van der Waals surface area contributed by atoms with E-state index < -0.39 is 22.3 Å². The molecule has 0 aromatic carbocycles. The number of pyridine rings is 1. The number of halogens is 1. The third-order valence-corrected chi connectivity index (χ3v) is 6.05. The normalized spacial score (nSPS) is 20.4. The van der Waals surface area contributed by atoms with E-state index in [2.05, 4.69) is 29.6 Å². The molecule has 0 saturated heterocycles. The molecule has 3 aromatic rings. The number of nitrogens with one attached hydrogen (secondary N) is 1. The number of aromatic nitrogens is 5. The Labute approximate surface area is 200 Å². The maximum Gasteiger partial charge on any atom is 0.333 e. The van der Waals surface area contributed by atoms with Crippen LogP contribution in [0.15, 0.2) is 43.0 Å². The average Bonchev–Trinajstić information content (AvgIpc) is 3.38. The lowest BCUT2D eigenvalue weighted by atomic mass is 10.1. The number of nitrogens with zero attached hydrogens (tertiary/aromatic N) is 5. The second-order valence-corrected chi connectivity index (χ2v) is 9.49. The van der Waals surface area contributed by atoms with E-state index in [1.165, 1.54) is 12.5 Å². The molecule has 12 nitrogen and oxygen atoms in total. The highest BCUT2D eigenvalue weighted by Crippen LogP contribution is 2.30. The molecule has 1 fully saturated rings. The Morgan fingerprint density at radius 2 is 2.15 bits per heavy atom. The number of anilines is 1. The van der Waals surface area contributed by atoms with Crippen LogP contribution < -0.4 is 10.5 Å². The molecule has 4 N–H and O–H groups in total. The predicted molar refractivity (Wildman–Crippen MR) is 121 cm³/mol. The minimum atomic E-state index is -4.10. The van der Waals surface area contributed by atoms with Gasteiger partial charge >= 0.3 is 10.3 Å². The zero-order valence-electron chi connectivity index (χ0n) is 17.8. The first-order chi connectivity index (χ1) is 16.2. The largest absolute Gasteiger partial charge is 0.393 e. The van der Waals surface area contributed by atoms with Gasteiger partial charge in [0, 0.05) is 24.4 Å². The van der Waals surface area contributed by atoms with Gasteiger partial charge in [-0.05, 0) is 31.0 Å². The van der Waals surface area contributed by atoms with Crippen molar-refractivity contribution in [2.24, 2.45) is 11.1 Å². The number of hydrogen-bond acceptors (Lipinski definition) is 10. The third kappa shape index (κ3) is 6.12. The van der Waals surface area contributed by atoms with Crippen molar-refractivity contribution in [1.29, 1.82) is 0 Å². The van der Waals surface area contributed by atoms with Crippen molar-refractivity contribution in [2.45, 2.75) is 31.5 Å². The first-order valence-corrected chi connectivity index (χ1v) is 12.1. The Morgan fingerprint density at radius 3 is 2.91 bits per heavy atom. The molecule has 180 valence electrons. The van der Waals surface area contributed by atoms with Gasteiger partial charge in [0.15, 0.2) is 0 Å². The summed E-state index contributed by atoms with van der Waals surface area (Å²) in [6.45, 7) is 0.110. The summed E-state index contributed by atoms with van der Waals surface area (Å²) in [5.74, 6) is -0.530. The minimum absolute atomic E-state index is 0.200. The number of aliphatic hydroxyl groups excluding tert-OH is 1. The monoisotopic (exact) mass is 507 g/mol. The quantitative estimate of drug-likeness (QED) is 0.277. The zero-order chi connectivity index (χ0) is 24.3. The molecule has 1 saturated carbocycles. The number of nitrogens with two attached hydrogens (primary N) is 1. The Balaban J connectivity index is 1.44. The van der Waals surface area contributed by atoms with E-state index in [1.54, 1.807) is 35.1 Å². The fourth-order valence-electron chi connectivity index (χ4n) is 3.80. The first kappa shape index (κ1) is 24.2. The lowest BCUT2D eigenvalue weighted by Gasteiger charge is -2.15. The summed E-state index contributed by atoms with van der Waals surface area (Å²) in [5.41, 5.74) is 1.11. The van der Waals surface area contributed by atoms with Gasteiger partial charge in [-0.15, -0.1) is 0 Å². The fraction of sp³-hybridized carbons (Fsp3) is 0.350. The molecular weight excluding hydrogens is 486 g/mol.